The van der Waals surface area contributed by atoms with Crippen LogP contribution in [0, 0.1) is 0 Å². The molecule has 8 N–H and O–H groups in total. The van der Waals surface area contributed by atoms with Crippen LogP contribution in [-0.4, -0.2) is 85.6 Å². The summed E-state index contributed by atoms with van der Waals surface area (Å²) in [5, 5.41) is 8.85. The van der Waals surface area contributed by atoms with Crippen molar-refractivity contribution in [3.63, 3.8) is 0 Å². The van der Waals surface area contributed by atoms with Crippen LogP contribution in [0.2, 0.25) is 0 Å². The Kier molecular flexibility index (Phi) is 18.1. The maximum Gasteiger partial charge on any atom is 0.0688 e. The molecule has 0 saturated heterocycles. The van der Waals surface area contributed by atoms with E-state index in [1.165, 1.54) is 44.5 Å². The minimum absolute atomic E-state index is 0.973. The molecule has 0 fully saturated rings. The van der Waals surface area contributed by atoms with Gasteiger partial charge in [-0.3, -0.25) is 0 Å². The summed E-state index contributed by atoms with van der Waals surface area (Å²) in [6.07, 6.45) is 41.6. The second kappa shape index (κ2) is 28.4. The van der Waals surface area contributed by atoms with Gasteiger partial charge in [0, 0.05) is 113 Å². The van der Waals surface area contributed by atoms with Crippen LogP contribution in [0.5, 0.6) is 0 Å². The van der Waals surface area contributed by atoms with E-state index in [0.29, 0.717) is 0 Å². The third kappa shape index (κ3) is 13.1. The van der Waals surface area contributed by atoms with Crippen molar-refractivity contribution < 1.29 is 0 Å². The SMILES string of the molecule is CC1=C2C=CC(=N2)C(C)=c2ccc([nH]2)=C(C)c2c[nH]c(c2)C(C)=C2C=CC1=N2.CC1=C2C=CC(=N2)C(C)=c2ccc([nH]2)=C(C)c2c[nH]c(c2)C(C)=C2C=CC1=N2.CC1=C2C=CC(=N2)C(C)=c2ccc([nH]2)=C(C)c2c[nH]c(c2)C(C)=C2C=CC1=N2.CC1=C2C=CC(=N2)C(C)=c2ccc([nH]2)=C(C)c2c[nH]c(c2)C(C)=C2C=CC1=N2. The van der Waals surface area contributed by atoms with Gasteiger partial charge in [-0.15, -0.1) is 0 Å². The molecule has 0 saturated carbocycles. The maximum absolute atomic E-state index is 4.86. The third-order valence-electron chi connectivity index (χ3n) is 23.3. The van der Waals surface area contributed by atoms with E-state index in [1.54, 1.807) is 0 Å². The number of rotatable bonds is 0. The van der Waals surface area contributed by atoms with Crippen LogP contribution in [0.25, 0.3) is 66.9 Å². The molecule has 8 aromatic heterocycles. The van der Waals surface area contributed by atoms with Gasteiger partial charge in [-0.1, -0.05) is 0 Å². The predicted molar refractivity (Wildman–Crippen MR) is 466 cm³/mol. The van der Waals surface area contributed by atoms with Gasteiger partial charge in [0.1, 0.15) is 0 Å². The Morgan fingerprint density at radius 3 is 0.500 bits per heavy atom. The van der Waals surface area contributed by atoms with Crippen LogP contribution in [0.15, 0.2) is 303 Å². The van der Waals surface area contributed by atoms with Gasteiger partial charge in [-0.05, 0) is 370 Å². The molecule has 16 nitrogen and oxygen atoms in total. The molecule has 0 atom stereocenters. The summed E-state index contributed by atoms with van der Waals surface area (Å²) in [7, 11) is 0. The zero-order chi connectivity index (χ0) is 77.7. The van der Waals surface area contributed by atoms with E-state index in [4.69, 9.17) is 39.9 Å². The number of hydrogen-bond donors (Lipinski definition) is 8. The zero-order valence-corrected chi connectivity index (χ0v) is 66.1. The number of allylic oxidation sites excluding steroid dienone is 24. The average molecular weight is 1470 g/mol. The zero-order valence-electron chi connectivity index (χ0n) is 66.1. The summed E-state index contributed by atoms with van der Waals surface area (Å²) in [4.78, 5) is 66.8. The van der Waals surface area contributed by atoms with Gasteiger partial charge in [-0.2, -0.15) is 0 Å². The summed E-state index contributed by atoms with van der Waals surface area (Å²) < 4.78 is 0. The van der Waals surface area contributed by atoms with Crippen molar-refractivity contribution in [2.75, 3.05) is 0 Å². The van der Waals surface area contributed by atoms with Crippen molar-refractivity contribution in [1.82, 2.24) is 39.9 Å². The van der Waals surface area contributed by atoms with E-state index in [9.17, 15) is 0 Å². The Morgan fingerprint density at radius 2 is 0.321 bits per heavy atom. The first kappa shape index (κ1) is 71.3. The van der Waals surface area contributed by atoms with Crippen molar-refractivity contribution >= 4 is 113 Å². The first-order valence-electron chi connectivity index (χ1n) is 38.1. The van der Waals surface area contributed by atoms with E-state index in [0.717, 1.165) is 224 Å². The lowest BCUT2D eigenvalue weighted by Gasteiger charge is -2.03. The van der Waals surface area contributed by atoms with Gasteiger partial charge < -0.3 is 39.9 Å². The fourth-order valence-corrected chi connectivity index (χ4v) is 15.1. The number of H-pyrrole nitrogens is 8. The number of nitrogens with one attached hydrogen (secondary N) is 8. The third-order valence-corrected chi connectivity index (χ3v) is 23.3. The lowest BCUT2D eigenvalue weighted by Crippen LogP contribution is -2.16. The molecule has 16 heteroatoms. The van der Waals surface area contributed by atoms with Crippen molar-refractivity contribution in [3.8, 4) is 0 Å². The van der Waals surface area contributed by atoms with Gasteiger partial charge >= 0.3 is 0 Å². The monoisotopic (exact) mass is 1460 g/mol. The summed E-state index contributed by atoms with van der Waals surface area (Å²) in [6.45, 7) is 33.8. The Morgan fingerprint density at radius 1 is 0.170 bits per heavy atom. The number of aliphatic imine (C=N–C) groups is 8. The van der Waals surface area contributed by atoms with Gasteiger partial charge in [0.2, 0.25) is 0 Å². The van der Waals surface area contributed by atoms with E-state index < -0.39 is 0 Å². The average Bonchev–Trinajstić information content (AvgIpc) is 1.66. The van der Waals surface area contributed by atoms with Gasteiger partial charge in [0.15, 0.2) is 0 Å². The molecule has 0 radical (unpaired) electrons. The first-order valence-corrected chi connectivity index (χ1v) is 38.1. The van der Waals surface area contributed by atoms with Crippen LogP contribution in [0.4, 0.5) is 0 Å². The Hall–Kier alpha value is -13.6. The molecule has 0 aromatic carbocycles. The predicted octanol–water partition coefficient (Wildman–Crippen LogP) is 15.1. The maximum atomic E-state index is 4.86. The van der Waals surface area contributed by atoms with Crippen molar-refractivity contribution in [2.45, 2.75) is 111 Å². The molecule has 552 valence electrons. The summed E-state index contributed by atoms with van der Waals surface area (Å²) in [5.41, 5.74) is 43.1. The quantitative estimate of drug-likeness (QED) is 0.0710. The number of hydrogen-bond acceptors (Lipinski definition) is 8. The lowest BCUT2D eigenvalue weighted by molar-refractivity contribution is 1.24. The van der Waals surface area contributed by atoms with Gasteiger partial charge in [-0.25, -0.2) is 39.9 Å². The fraction of sp³-hybridized carbons (Fsp3) is 0.167. The van der Waals surface area contributed by atoms with Gasteiger partial charge in [0.05, 0.1) is 91.3 Å². The lowest BCUT2D eigenvalue weighted by atomic mass is 10.1. The van der Waals surface area contributed by atoms with E-state index in [1.807, 2.05) is 0 Å². The molecule has 0 unspecified atom stereocenters. The molecule has 0 amide bonds. The largest absolute Gasteiger partial charge is 0.361 e. The van der Waals surface area contributed by atoms with Crippen molar-refractivity contribution in [3.05, 3.63) is 350 Å². The van der Waals surface area contributed by atoms with Crippen LogP contribution >= 0.6 is 0 Å². The van der Waals surface area contributed by atoms with E-state index in [-0.39, 0.29) is 0 Å². The summed E-state index contributed by atoms with van der Waals surface area (Å²) in [5.74, 6) is 0. The molecule has 12 aliphatic heterocycles. The topological polar surface area (TPSA) is 225 Å². The molecule has 112 heavy (non-hydrogen) atoms. The normalized spacial score (nSPS) is 18.4. The number of aromatic amines is 8. The highest BCUT2D eigenvalue weighted by Crippen LogP contribution is 2.34. The molecule has 20 heterocycles. The van der Waals surface area contributed by atoms with Gasteiger partial charge in [0.25, 0.3) is 0 Å². The van der Waals surface area contributed by atoms with E-state index >= 15 is 0 Å². The van der Waals surface area contributed by atoms with E-state index in [2.05, 4.69) is 345 Å². The van der Waals surface area contributed by atoms with Crippen LogP contribution < -0.4 is 42.8 Å². The van der Waals surface area contributed by atoms with Crippen LogP contribution in [0.1, 0.15) is 156 Å². The molecule has 20 rings (SSSR count). The molecule has 0 aliphatic carbocycles. The highest BCUT2D eigenvalue weighted by molar-refractivity contribution is 6.28. The smallest absolute Gasteiger partial charge is 0.0688 e. The standard InChI is InChI=1S/4C24H22N4/c4*1-13-17-11-24(25-12-17)16(4)23-10-9-22(28-23)15(3)21-8-7-20(27-21)14(2)19-6-5-18(13)26-19/h4*5-12,25-26H,1-4H3. The Bertz CT molecular complexity index is 6140. The van der Waals surface area contributed by atoms with Crippen molar-refractivity contribution in [1.29, 1.82) is 0 Å². The Labute approximate surface area is 649 Å². The first-order chi connectivity index (χ1) is 54.0. The fourth-order valence-electron chi connectivity index (χ4n) is 15.1. The van der Waals surface area contributed by atoms with Crippen LogP contribution in [-0.2, 0) is 0 Å². The highest BCUT2D eigenvalue weighted by atomic mass is 14.9. The highest BCUT2D eigenvalue weighted by Gasteiger charge is 2.24. The molecule has 12 aliphatic rings. The molecule has 8 aromatic rings. The number of aromatic nitrogens is 8. The minimum Gasteiger partial charge on any atom is -0.361 e. The molecular formula is C96H88N16. The Balaban J connectivity index is 0.000000108. The second-order valence-corrected chi connectivity index (χ2v) is 30.1. The minimum atomic E-state index is 0.973. The molecule has 32 bridgehead atoms. The number of fused-ring (bicyclic) bond motifs is 24. The molecule has 0 spiro atoms. The second-order valence-electron chi connectivity index (χ2n) is 30.1. The summed E-state index contributed by atoms with van der Waals surface area (Å²) in [6, 6.07) is 25.9. The van der Waals surface area contributed by atoms with Crippen LogP contribution in [0.3, 0.4) is 0 Å². The van der Waals surface area contributed by atoms with Crippen molar-refractivity contribution in [2.24, 2.45) is 39.9 Å². The number of nitrogens with zero attached hydrogens (tertiary/aromatic N) is 8. The summed E-state index contributed by atoms with van der Waals surface area (Å²) >= 11 is 0. The molecular weight excluding hydrogens is 1380 g/mol.